The molecule has 1 aliphatic heterocycles. The zero-order chi connectivity index (χ0) is 19.3. The fraction of sp³-hybridized carbons (Fsp3) is 0.733. The number of nitrogens with one attached hydrogen (secondary N) is 2. The van der Waals surface area contributed by atoms with Gasteiger partial charge in [-0.25, -0.2) is 4.79 Å². The summed E-state index contributed by atoms with van der Waals surface area (Å²) in [5.74, 6) is -2.62. The Morgan fingerprint density at radius 1 is 1.19 bits per heavy atom. The summed E-state index contributed by atoms with van der Waals surface area (Å²) >= 11 is 0. The van der Waals surface area contributed by atoms with Gasteiger partial charge in [-0.15, -0.1) is 0 Å². The van der Waals surface area contributed by atoms with Gasteiger partial charge in [-0.05, 0) is 12.8 Å². The molecule has 2 N–H and O–H groups in total. The number of hydrogen-bond donors (Lipinski definition) is 2. The van der Waals surface area contributed by atoms with Crippen molar-refractivity contribution in [1.29, 1.82) is 0 Å². The van der Waals surface area contributed by atoms with Gasteiger partial charge in [0.2, 0.25) is 5.91 Å². The maximum atomic E-state index is 12.0. The summed E-state index contributed by atoms with van der Waals surface area (Å²) in [5, 5.41) is 3.07. The summed E-state index contributed by atoms with van der Waals surface area (Å²) in [5.41, 5.74) is 0. The Morgan fingerprint density at radius 3 is 2.46 bits per heavy atom. The third-order valence-corrected chi connectivity index (χ3v) is 4.31. The molecule has 146 valence electrons. The van der Waals surface area contributed by atoms with Crippen molar-refractivity contribution in [3.8, 4) is 0 Å². The molecule has 1 aliphatic carbocycles. The molecule has 0 aromatic carbocycles. The molecule has 0 spiro atoms. The Hall–Kier alpha value is -2.33. The van der Waals surface area contributed by atoms with Crippen LogP contribution < -0.4 is 10.6 Å². The van der Waals surface area contributed by atoms with E-state index in [0.717, 1.165) is 25.7 Å². The number of ether oxygens (including phenoxy) is 1. The number of imide groups is 1. The van der Waals surface area contributed by atoms with Crippen LogP contribution in [0.1, 0.15) is 32.1 Å². The number of carbonyl (C=O) groups is 4. The molecule has 0 unspecified atom stereocenters. The molecule has 1 heterocycles. The van der Waals surface area contributed by atoms with E-state index in [0.29, 0.717) is 0 Å². The van der Waals surface area contributed by atoms with E-state index in [9.17, 15) is 32.3 Å². The topological polar surface area (TPSA) is 105 Å². The van der Waals surface area contributed by atoms with Crippen molar-refractivity contribution in [1.82, 2.24) is 15.5 Å². The normalized spacial score (nSPS) is 21.0. The summed E-state index contributed by atoms with van der Waals surface area (Å²) in [6, 6.07) is -1.20. The van der Waals surface area contributed by atoms with Crippen molar-refractivity contribution in [2.24, 2.45) is 5.92 Å². The van der Waals surface area contributed by atoms with Gasteiger partial charge in [-0.3, -0.25) is 19.7 Å². The number of urea groups is 1. The Labute approximate surface area is 147 Å². The van der Waals surface area contributed by atoms with Crippen LogP contribution in [0.15, 0.2) is 0 Å². The molecule has 0 radical (unpaired) electrons. The summed E-state index contributed by atoms with van der Waals surface area (Å²) in [6.45, 7) is -2.17. The van der Waals surface area contributed by atoms with Crippen molar-refractivity contribution >= 4 is 23.8 Å². The lowest BCUT2D eigenvalue weighted by molar-refractivity contribution is -0.152. The minimum absolute atomic E-state index is 0.00300. The molecule has 1 saturated carbocycles. The SMILES string of the molecule is O=C(COC(=O)[C@@H]1CC(=O)N(C2CCCC2)C1)NC(=O)NCC(F)(F)F. The van der Waals surface area contributed by atoms with E-state index >= 15 is 0 Å². The lowest BCUT2D eigenvalue weighted by Crippen LogP contribution is -2.44. The first kappa shape index (κ1) is 20.0. The van der Waals surface area contributed by atoms with Crippen LogP contribution in [0.4, 0.5) is 18.0 Å². The second-order valence-corrected chi connectivity index (χ2v) is 6.34. The van der Waals surface area contributed by atoms with Crippen molar-refractivity contribution in [2.75, 3.05) is 19.7 Å². The second kappa shape index (κ2) is 8.37. The van der Waals surface area contributed by atoms with Crippen molar-refractivity contribution in [3.63, 3.8) is 0 Å². The second-order valence-electron chi connectivity index (χ2n) is 6.34. The van der Waals surface area contributed by atoms with Gasteiger partial charge in [0.15, 0.2) is 6.61 Å². The van der Waals surface area contributed by atoms with Crippen LogP contribution in [0.3, 0.4) is 0 Å². The van der Waals surface area contributed by atoms with Crippen molar-refractivity contribution in [3.05, 3.63) is 0 Å². The molecule has 0 bridgehead atoms. The number of hydrogen-bond acceptors (Lipinski definition) is 5. The molecule has 4 amide bonds. The molecule has 8 nitrogen and oxygen atoms in total. The smallest absolute Gasteiger partial charge is 0.405 e. The van der Waals surface area contributed by atoms with E-state index in [1.54, 1.807) is 10.2 Å². The van der Waals surface area contributed by atoms with E-state index in [2.05, 4.69) is 0 Å². The molecule has 26 heavy (non-hydrogen) atoms. The minimum Gasteiger partial charge on any atom is -0.455 e. The lowest BCUT2D eigenvalue weighted by atomic mass is 10.1. The van der Waals surface area contributed by atoms with Crippen molar-refractivity contribution in [2.45, 2.75) is 44.3 Å². The predicted octanol–water partition coefficient (Wildman–Crippen LogP) is 0.709. The van der Waals surface area contributed by atoms with Gasteiger partial charge in [0.05, 0.1) is 5.92 Å². The Morgan fingerprint density at radius 2 is 1.85 bits per heavy atom. The number of amides is 4. The third kappa shape index (κ3) is 5.88. The summed E-state index contributed by atoms with van der Waals surface area (Å²) in [6.07, 6.45) is -0.706. The van der Waals surface area contributed by atoms with Crippen LogP contribution in [-0.4, -0.2) is 60.6 Å². The predicted molar refractivity (Wildman–Crippen MR) is 80.6 cm³/mol. The first-order valence-electron chi connectivity index (χ1n) is 8.26. The monoisotopic (exact) mass is 379 g/mol. The highest BCUT2D eigenvalue weighted by Crippen LogP contribution is 2.29. The molecular formula is C15H20F3N3O5. The summed E-state index contributed by atoms with van der Waals surface area (Å²) < 4.78 is 40.5. The Bertz CT molecular complexity index is 575. The van der Waals surface area contributed by atoms with Crippen LogP contribution in [0.25, 0.3) is 0 Å². The highest BCUT2D eigenvalue weighted by molar-refractivity contribution is 5.96. The zero-order valence-corrected chi connectivity index (χ0v) is 13.9. The number of likely N-dealkylation sites (tertiary alicyclic amines) is 1. The number of nitrogens with zero attached hydrogens (tertiary/aromatic N) is 1. The van der Waals surface area contributed by atoms with Gasteiger partial charge in [0.1, 0.15) is 6.54 Å². The fourth-order valence-electron chi connectivity index (χ4n) is 3.10. The molecular weight excluding hydrogens is 359 g/mol. The lowest BCUT2D eigenvalue weighted by Gasteiger charge is -2.23. The first-order chi connectivity index (χ1) is 12.2. The quantitative estimate of drug-likeness (QED) is 0.685. The molecule has 1 atom stereocenters. The number of esters is 1. The average molecular weight is 379 g/mol. The number of alkyl halides is 3. The van der Waals surface area contributed by atoms with Gasteiger partial charge in [-0.2, -0.15) is 13.2 Å². The van der Waals surface area contributed by atoms with Crippen LogP contribution in [0.2, 0.25) is 0 Å². The summed E-state index contributed by atoms with van der Waals surface area (Å²) in [7, 11) is 0. The summed E-state index contributed by atoms with van der Waals surface area (Å²) in [4.78, 5) is 48.2. The van der Waals surface area contributed by atoms with E-state index in [4.69, 9.17) is 4.74 Å². The van der Waals surface area contributed by atoms with Gasteiger partial charge in [-0.1, -0.05) is 12.8 Å². The average Bonchev–Trinajstić information content (AvgIpc) is 3.19. The van der Waals surface area contributed by atoms with Crippen LogP contribution >= 0.6 is 0 Å². The standard InChI is InChI=1S/C15H20F3N3O5/c16-15(17,18)8-19-14(25)20-11(22)7-26-13(24)9-5-12(23)21(6-9)10-3-1-2-4-10/h9-10H,1-8H2,(H2,19,20,22,25)/t9-/m1/s1. The van der Waals surface area contributed by atoms with Gasteiger partial charge < -0.3 is 15.0 Å². The molecule has 2 aliphatic rings. The van der Waals surface area contributed by atoms with E-state index in [1.165, 1.54) is 5.32 Å². The minimum atomic E-state index is -4.60. The molecule has 0 aromatic heterocycles. The fourth-order valence-corrected chi connectivity index (χ4v) is 3.10. The van der Waals surface area contributed by atoms with E-state index in [1.807, 2.05) is 0 Å². The maximum Gasteiger partial charge on any atom is 0.405 e. The number of carbonyl (C=O) groups excluding carboxylic acids is 4. The molecule has 11 heteroatoms. The van der Waals surface area contributed by atoms with Gasteiger partial charge in [0.25, 0.3) is 5.91 Å². The van der Waals surface area contributed by atoms with Crippen LogP contribution in [0.5, 0.6) is 0 Å². The molecule has 0 aromatic rings. The number of halogens is 3. The van der Waals surface area contributed by atoms with E-state index < -0.39 is 43.2 Å². The van der Waals surface area contributed by atoms with Crippen LogP contribution in [0, 0.1) is 5.92 Å². The molecule has 2 rings (SSSR count). The highest BCUT2D eigenvalue weighted by Gasteiger charge is 2.39. The highest BCUT2D eigenvalue weighted by atomic mass is 19.4. The van der Waals surface area contributed by atoms with E-state index in [-0.39, 0.29) is 24.9 Å². The largest absolute Gasteiger partial charge is 0.455 e. The van der Waals surface area contributed by atoms with Gasteiger partial charge >= 0.3 is 18.2 Å². The van der Waals surface area contributed by atoms with Gasteiger partial charge in [0, 0.05) is 19.0 Å². The third-order valence-electron chi connectivity index (χ3n) is 4.31. The zero-order valence-electron chi connectivity index (χ0n) is 13.9. The van der Waals surface area contributed by atoms with Crippen LogP contribution in [-0.2, 0) is 19.1 Å². The number of rotatable bonds is 5. The Balaban J connectivity index is 1.70. The maximum absolute atomic E-state index is 12.0. The first-order valence-corrected chi connectivity index (χ1v) is 8.26. The molecule has 2 fully saturated rings. The van der Waals surface area contributed by atoms with Crippen molar-refractivity contribution < 1.29 is 37.1 Å². The molecule has 1 saturated heterocycles. The Kier molecular flexibility index (Phi) is 6.43.